The van der Waals surface area contributed by atoms with Crippen molar-refractivity contribution in [1.82, 2.24) is 0 Å². The molecule has 5 heteroatoms. The number of ketones is 1. The van der Waals surface area contributed by atoms with E-state index < -0.39 is 23.2 Å². The van der Waals surface area contributed by atoms with Gasteiger partial charge in [0, 0.05) is 5.41 Å². The van der Waals surface area contributed by atoms with Crippen LogP contribution in [0, 0.1) is 11.3 Å². The number of ether oxygens (including phenoxy) is 1. The molecule has 0 aromatic rings. The van der Waals surface area contributed by atoms with E-state index in [0.717, 1.165) is 0 Å². The monoisotopic (exact) mass is 243 g/mol. The number of rotatable bonds is 7. The van der Waals surface area contributed by atoms with Crippen LogP contribution in [0.4, 0.5) is 0 Å². The second-order valence-electron chi connectivity index (χ2n) is 4.59. The fourth-order valence-electron chi connectivity index (χ4n) is 1.65. The zero-order chi connectivity index (χ0) is 13.6. The van der Waals surface area contributed by atoms with Crippen molar-refractivity contribution in [3.8, 4) is 0 Å². The third-order valence-electron chi connectivity index (χ3n) is 2.63. The first-order valence-corrected chi connectivity index (χ1v) is 5.75. The van der Waals surface area contributed by atoms with Gasteiger partial charge >= 0.3 is 5.97 Å². The Morgan fingerprint density at radius 2 is 1.76 bits per heavy atom. The van der Waals surface area contributed by atoms with Crippen molar-refractivity contribution >= 4 is 17.7 Å². The number of hydrogen-bond donors (Lipinski definition) is 1. The van der Waals surface area contributed by atoms with Gasteiger partial charge in [-0.1, -0.05) is 20.8 Å². The largest absolute Gasteiger partial charge is 0.466 e. The van der Waals surface area contributed by atoms with E-state index in [1.807, 2.05) is 0 Å². The highest BCUT2D eigenvalue weighted by molar-refractivity contribution is 6.04. The first kappa shape index (κ1) is 15.6. The van der Waals surface area contributed by atoms with Crippen LogP contribution in [0.2, 0.25) is 0 Å². The van der Waals surface area contributed by atoms with Crippen LogP contribution in [-0.4, -0.2) is 24.3 Å². The molecule has 1 unspecified atom stereocenters. The van der Waals surface area contributed by atoms with Gasteiger partial charge in [-0.2, -0.15) is 0 Å². The van der Waals surface area contributed by atoms with Crippen LogP contribution in [0.15, 0.2) is 0 Å². The number of Topliss-reactive ketones (excluding diaryl/α,β-unsaturated/α-hetero) is 1. The second kappa shape index (κ2) is 6.37. The average molecular weight is 243 g/mol. The number of esters is 1. The maximum atomic E-state index is 12.1. The standard InChI is InChI=1S/C12H21NO4/c1-5-8(11(13)16)10(15)12(3,4)7-9(14)17-6-2/h8H,5-7H2,1-4H3,(H2,13,16). The molecule has 98 valence electrons. The van der Waals surface area contributed by atoms with Crippen LogP contribution < -0.4 is 5.73 Å². The summed E-state index contributed by atoms with van der Waals surface area (Å²) in [5.41, 5.74) is 4.23. The van der Waals surface area contributed by atoms with Crippen molar-refractivity contribution in [2.24, 2.45) is 17.1 Å². The van der Waals surface area contributed by atoms with Crippen molar-refractivity contribution in [2.45, 2.75) is 40.5 Å². The van der Waals surface area contributed by atoms with E-state index in [4.69, 9.17) is 10.5 Å². The maximum absolute atomic E-state index is 12.1. The molecule has 0 aliphatic rings. The summed E-state index contributed by atoms with van der Waals surface area (Å²) < 4.78 is 4.79. The molecule has 1 atom stereocenters. The average Bonchev–Trinajstić information content (AvgIpc) is 2.17. The summed E-state index contributed by atoms with van der Waals surface area (Å²) in [4.78, 5) is 34.5. The highest BCUT2D eigenvalue weighted by Crippen LogP contribution is 2.27. The third kappa shape index (κ3) is 4.54. The van der Waals surface area contributed by atoms with Crippen molar-refractivity contribution in [1.29, 1.82) is 0 Å². The Morgan fingerprint density at radius 3 is 2.12 bits per heavy atom. The Kier molecular flexibility index (Phi) is 5.85. The van der Waals surface area contributed by atoms with Crippen LogP contribution in [0.25, 0.3) is 0 Å². The molecule has 0 aliphatic carbocycles. The van der Waals surface area contributed by atoms with E-state index in [2.05, 4.69) is 0 Å². The molecule has 0 radical (unpaired) electrons. The Morgan fingerprint density at radius 1 is 1.24 bits per heavy atom. The van der Waals surface area contributed by atoms with E-state index in [-0.39, 0.29) is 18.8 Å². The van der Waals surface area contributed by atoms with E-state index in [1.54, 1.807) is 27.7 Å². The molecule has 0 aliphatic heterocycles. The van der Waals surface area contributed by atoms with Gasteiger partial charge in [0.2, 0.25) is 5.91 Å². The summed E-state index contributed by atoms with van der Waals surface area (Å²) in [5.74, 6) is -2.22. The molecule has 0 bridgehead atoms. The summed E-state index contributed by atoms with van der Waals surface area (Å²) in [6, 6.07) is 0. The number of primary amides is 1. The molecule has 0 aromatic carbocycles. The second-order valence-corrected chi connectivity index (χ2v) is 4.59. The molecular formula is C12H21NO4. The van der Waals surface area contributed by atoms with E-state index in [9.17, 15) is 14.4 Å². The predicted octanol–water partition coefficient (Wildman–Crippen LogP) is 1.05. The number of carbonyl (C=O) groups excluding carboxylic acids is 3. The van der Waals surface area contributed by atoms with Crippen LogP contribution >= 0.6 is 0 Å². The lowest BCUT2D eigenvalue weighted by atomic mass is 9.77. The van der Waals surface area contributed by atoms with E-state index in [0.29, 0.717) is 6.42 Å². The van der Waals surface area contributed by atoms with Crippen molar-refractivity contribution in [2.75, 3.05) is 6.61 Å². The number of carbonyl (C=O) groups is 3. The summed E-state index contributed by atoms with van der Waals surface area (Å²) >= 11 is 0. The lowest BCUT2D eigenvalue weighted by molar-refractivity contribution is -0.150. The Balaban J connectivity index is 4.74. The van der Waals surface area contributed by atoms with Crippen molar-refractivity contribution < 1.29 is 19.1 Å². The van der Waals surface area contributed by atoms with E-state index >= 15 is 0 Å². The molecular weight excluding hydrogens is 222 g/mol. The van der Waals surface area contributed by atoms with Gasteiger partial charge < -0.3 is 10.5 Å². The molecule has 1 amide bonds. The molecule has 0 fully saturated rings. The van der Waals surface area contributed by atoms with Gasteiger partial charge in [0.1, 0.15) is 0 Å². The van der Waals surface area contributed by atoms with Crippen molar-refractivity contribution in [3.63, 3.8) is 0 Å². The number of nitrogens with two attached hydrogens (primary N) is 1. The molecule has 0 aromatic heterocycles. The SMILES string of the molecule is CCOC(=O)CC(C)(C)C(=O)C(CC)C(N)=O. The molecule has 2 N–H and O–H groups in total. The summed E-state index contributed by atoms with van der Waals surface area (Å²) in [6.07, 6.45) is 0.309. The first-order valence-electron chi connectivity index (χ1n) is 5.75. The molecule has 0 spiro atoms. The van der Waals surface area contributed by atoms with Gasteiger partial charge in [0.15, 0.2) is 5.78 Å². The van der Waals surface area contributed by atoms with Gasteiger partial charge in [-0.05, 0) is 13.3 Å². The smallest absolute Gasteiger partial charge is 0.306 e. The number of amides is 1. The summed E-state index contributed by atoms with van der Waals surface area (Å²) in [5, 5.41) is 0. The molecule has 0 heterocycles. The minimum atomic E-state index is -0.929. The van der Waals surface area contributed by atoms with E-state index in [1.165, 1.54) is 0 Å². The van der Waals surface area contributed by atoms with Gasteiger partial charge in [-0.15, -0.1) is 0 Å². The molecule has 5 nitrogen and oxygen atoms in total. The normalized spacial score (nSPS) is 12.9. The lowest BCUT2D eigenvalue weighted by Gasteiger charge is -2.25. The van der Waals surface area contributed by atoms with Gasteiger partial charge in [-0.3, -0.25) is 14.4 Å². The third-order valence-corrected chi connectivity index (χ3v) is 2.63. The summed E-state index contributed by atoms with van der Waals surface area (Å²) in [6.45, 7) is 6.94. The van der Waals surface area contributed by atoms with Crippen LogP contribution in [0.5, 0.6) is 0 Å². The minimum absolute atomic E-state index is 0.0382. The zero-order valence-electron chi connectivity index (χ0n) is 10.9. The molecule has 0 saturated heterocycles. The fourth-order valence-corrected chi connectivity index (χ4v) is 1.65. The van der Waals surface area contributed by atoms with Gasteiger partial charge in [0.05, 0.1) is 18.9 Å². The Hall–Kier alpha value is -1.39. The first-order chi connectivity index (χ1) is 7.76. The van der Waals surface area contributed by atoms with Crippen LogP contribution in [-0.2, 0) is 19.1 Å². The molecule has 0 rings (SSSR count). The highest BCUT2D eigenvalue weighted by atomic mass is 16.5. The Labute approximate surface area is 102 Å². The minimum Gasteiger partial charge on any atom is -0.466 e. The van der Waals surface area contributed by atoms with Gasteiger partial charge in [0.25, 0.3) is 0 Å². The fraction of sp³-hybridized carbons (Fsp3) is 0.750. The lowest BCUT2D eigenvalue weighted by Crippen LogP contribution is -2.39. The Bertz CT molecular complexity index is 310. The van der Waals surface area contributed by atoms with Crippen LogP contribution in [0.1, 0.15) is 40.5 Å². The maximum Gasteiger partial charge on any atom is 0.306 e. The quantitative estimate of drug-likeness (QED) is 0.534. The van der Waals surface area contributed by atoms with Gasteiger partial charge in [-0.25, -0.2) is 0 Å². The number of hydrogen-bond acceptors (Lipinski definition) is 4. The van der Waals surface area contributed by atoms with Crippen LogP contribution in [0.3, 0.4) is 0 Å². The zero-order valence-corrected chi connectivity index (χ0v) is 10.9. The predicted molar refractivity (Wildman–Crippen MR) is 63.0 cm³/mol. The molecule has 0 saturated carbocycles. The molecule has 17 heavy (non-hydrogen) atoms. The highest BCUT2D eigenvalue weighted by Gasteiger charge is 2.37. The topological polar surface area (TPSA) is 86.5 Å². The summed E-state index contributed by atoms with van der Waals surface area (Å²) in [7, 11) is 0. The van der Waals surface area contributed by atoms with Crippen molar-refractivity contribution in [3.05, 3.63) is 0 Å².